The zero-order valence-corrected chi connectivity index (χ0v) is 35.8. The number of fused-ring (bicyclic) bond motifs is 22. The van der Waals surface area contributed by atoms with Crippen molar-refractivity contribution in [2.75, 3.05) is 0 Å². The van der Waals surface area contributed by atoms with Crippen molar-refractivity contribution in [1.82, 2.24) is 0 Å². The van der Waals surface area contributed by atoms with Crippen LogP contribution in [0.25, 0.3) is 0 Å². The molecule has 0 nitrogen and oxygen atoms in total. The highest BCUT2D eigenvalue weighted by molar-refractivity contribution is 6.22. The van der Waals surface area contributed by atoms with Gasteiger partial charge in [0.25, 0.3) is 0 Å². The second-order valence-electron chi connectivity index (χ2n) is 43.8. The van der Waals surface area contributed by atoms with E-state index in [1.807, 2.05) is 25.7 Å². The van der Waals surface area contributed by atoms with Crippen LogP contribution in [0.15, 0.2) is 0 Å². The summed E-state index contributed by atoms with van der Waals surface area (Å²) in [6.45, 7) is 0. The molecule has 36 spiro atoms. The molecule has 0 radical (unpaired) electrons. The van der Waals surface area contributed by atoms with Gasteiger partial charge in [-0.25, -0.2) is 0 Å². The monoisotopic (exact) mass is 826 g/mol. The van der Waals surface area contributed by atoms with Crippen LogP contribution in [0.2, 0.25) is 0 Å². The molecule has 50 rings (SSSR count). The van der Waals surface area contributed by atoms with Crippen molar-refractivity contribution in [2.45, 2.75) is 25.7 Å². The Morgan fingerprint density at radius 3 is 0.485 bits per heavy atom. The second kappa shape index (κ2) is 3.00. The number of hydrogen-bond acceptors (Lipinski definition) is 0. The summed E-state index contributed by atoms with van der Waals surface area (Å²) in [6, 6.07) is 0. The highest BCUT2D eigenvalue weighted by Gasteiger charge is 3.78. The minimum Gasteiger partial charge on any atom is -0.0458 e. The van der Waals surface area contributed by atoms with E-state index in [0.29, 0.717) is 0 Å². The summed E-state index contributed by atoms with van der Waals surface area (Å²) in [5.74, 6) is 37.0. The van der Waals surface area contributed by atoms with E-state index in [9.17, 15) is 0 Å². The zero-order chi connectivity index (χ0) is 35.8. The van der Waals surface area contributed by atoms with E-state index < -0.39 is 0 Å². The van der Waals surface area contributed by atoms with E-state index in [4.69, 9.17) is 0 Å². The van der Waals surface area contributed by atoms with Crippen LogP contribution in [-0.2, 0) is 0 Å². The van der Waals surface area contributed by atoms with E-state index in [-0.39, 0.29) is 0 Å². The first-order valence-corrected chi connectivity index (χ1v) is 32.9. The van der Waals surface area contributed by atoms with Crippen LogP contribution < -0.4 is 0 Å². The van der Waals surface area contributed by atoms with E-state index >= 15 is 0 Å². The molecule has 66 heavy (non-hydrogen) atoms. The normalized spacial score (nSPS) is 149. The molecule has 50 aliphatic carbocycles. The molecule has 50 aliphatic rings. The maximum absolute atomic E-state index is 1.88. The first-order chi connectivity index (χ1) is 32.9. The molecule has 0 heterocycles. The van der Waals surface area contributed by atoms with Crippen LogP contribution in [0, 0.1) is 349 Å². The Morgan fingerprint density at radius 1 is 0.136 bits per heavy atom. The standard InChI is InChI=1S/C66H34/c1-5-13-14-6-2-10-18-23-27-30-28-24-20-12-4-8-16-15-7-3-11-19-22-26-29-25-21-17-9(1)31(5)35(13)36(14)32(6,10)40(18)44(23)49(27)52(30)50(28)46(24)42(20)34(8,12)38(16)37(15)33(7,11)41(19)45(22)48(26)51(29)47(25)43(21)39(17,31)53(35)54(36,40)58(44)57(43,53)61(47)62(49,58)66(52)64(50)60(46)56(38,42)55(37,41)59(45,60)63(48,64)65(51,61)66/h5-30H,1-4H2/t5?,6?,7?,8?,9?,10?,11?,12?,13?,14?,15?,16?,17?,18?,19?,20?,21?,22?,23?,24?,25-,26?,27?,28?,29?,30?,31?,32?,33?,34?,35?,36?,37?,38?,39?,40?,41?,42?,43?,44?,45?,46?,47+,48?,49-,50?,51?,52?,53?,54?,55?,56?,57?,58?,59?,60?,61-,62+,63?,64?,65?,66?/m1/s1. The van der Waals surface area contributed by atoms with Crippen molar-refractivity contribution < 1.29 is 0 Å². The Bertz CT molecular complexity index is 4310. The van der Waals surface area contributed by atoms with E-state index in [0.717, 1.165) is 184 Å². The fourth-order valence-electron chi connectivity index (χ4n) is 77.9. The molecule has 0 heteroatoms. The Kier molecular flexibility index (Phi) is 0.958. The van der Waals surface area contributed by atoms with Crippen molar-refractivity contribution in [3.63, 3.8) is 0 Å². The second-order valence-corrected chi connectivity index (χ2v) is 43.8. The van der Waals surface area contributed by atoms with Gasteiger partial charge in [0.05, 0.1) is 0 Å². The van der Waals surface area contributed by atoms with E-state index in [1.165, 1.54) is 165 Å². The fourth-order valence-corrected chi connectivity index (χ4v) is 77.9. The van der Waals surface area contributed by atoms with Gasteiger partial charge < -0.3 is 0 Å². The van der Waals surface area contributed by atoms with Gasteiger partial charge in [-0.1, -0.05) is 0 Å². The molecule has 50 fully saturated rings. The largest absolute Gasteiger partial charge is 0.0458 e. The first kappa shape index (κ1) is 21.1. The Balaban J connectivity index is 0.736. The molecule has 0 saturated heterocycles. The van der Waals surface area contributed by atoms with E-state index in [2.05, 4.69) is 0 Å². The van der Waals surface area contributed by atoms with Crippen molar-refractivity contribution in [2.24, 2.45) is 349 Å². The summed E-state index contributed by atoms with van der Waals surface area (Å²) in [5, 5.41) is 0. The predicted molar refractivity (Wildman–Crippen MR) is 197 cm³/mol. The highest BCUT2D eigenvalue weighted by Crippen LogP contribution is 3.78. The first-order valence-electron chi connectivity index (χ1n) is 32.9. The van der Waals surface area contributed by atoms with Crippen molar-refractivity contribution in [1.29, 1.82) is 0 Å². The molecule has 0 aromatic heterocycles. The van der Waals surface area contributed by atoms with Gasteiger partial charge in [0.1, 0.15) is 0 Å². The lowest BCUT2D eigenvalue weighted by atomic mass is 8.28. The van der Waals surface area contributed by atoms with Gasteiger partial charge in [-0.3, -0.25) is 0 Å². The fraction of sp³-hybridized carbons (Fsp3) is 1.00. The topological polar surface area (TPSA) is 0 Å². The molecule has 0 aromatic rings. The molecule has 50 saturated carbocycles. The summed E-state index contributed by atoms with van der Waals surface area (Å²) in [5.41, 5.74) is 41.2. The third-order valence-corrected chi connectivity index (χ3v) is 59.9. The smallest absolute Gasteiger partial charge is 0.000370 e. The van der Waals surface area contributed by atoms with Crippen LogP contribution in [0.1, 0.15) is 25.7 Å². The number of rotatable bonds is 0. The van der Waals surface area contributed by atoms with Gasteiger partial charge in [-0.05, 0) is 374 Å². The van der Waals surface area contributed by atoms with Gasteiger partial charge in [0, 0.05) is 0 Å². The molecule has 298 valence electrons. The zero-order valence-electron chi connectivity index (χ0n) is 35.8. The molecular formula is C66H34. The van der Waals surface area contributed by atoms with E-state index in [1.54, 1.807) is 0 Å². The summed E-state index contributed by atoms with van der Waals surface area (Å²) in [6.07, 6.45) is 7.52. The van der Waals surface area contributed by atoms with Gasteiger partial charge in [-0.15, -0.1) is 0 Å². The van der Waals surface area contributed by atoms with Crippen LogP contribution in [-0.4, -0.2) is 0 Å². The average Bonchev–Trinajstić information content (AvgIpc) is 0.812. The molecule has 0 aromatic carbocycles. The summed E-state index contributed by atoms with van der Waals surface area (Å²) >= 11 is 0. The lowest BCUT2D eigenvalue weighted by Crippen LogP contribution is -3.73. The molecule has 62 atom stereocenters. The van der Waals surface area contributed by atoms with Gasteiger partial charge in [0.15, 0.2) is 0 Å². The molecule has 0 bridgehead atoms. The minimum atomic E-state index is 1.11. The van der Waals surface area contributed by atoms with Gasteiger partial charge in [-0.2, -0.15) is 0 Å². The molecule has 0 amide bonds. The van der Waals surface area contributed by atoms with Crippen LogP contribution in [0.5, 0.6) is 0 Å². The lowest BCUT2D eigenvalue weighted by Gasteiger charge is -3.74. The maximum Gasteiger partial charge on any atom is -0.000370 e. The van der Waals surface area contributed by atoms with Gasteiger partial charge >= 0.3 is 0 Å². The molecule has 0 aliphatic heterocycles. The SMILES string of the molecule is C1C2C3C4C5CC6C7C8C9C%10[C@H]%11C%12C%13C%14CC%15C%16C%17C%18CC%19C%20C%21C%22C%23C%24C%25C%26C1C21C32C43C56C74C85C96C78C59C34C23C%261C%251C%242C7(C139)C13C%232[C@]%222C%214C%205C%18%19C%177C%169C%15%14C%13%14C9%13C75C45C%134C%12%14[C@]%117C%106C81[C@@]47[C@]532. The minimum absolute atomic E-state index is 1.11. The summed E-state index contributed by atoms with van der Waals surface area (Å²) in [4.78, 5) is 0. The third-order valence-electron chi connectivity index (χ3n) is 59.9. The van der Waals surface area contributed by atoms with Crippen LogP contribution in [0.4, 0.5) is 0 Å². The van der Waals surface area contributed by atoms with Crippen molar-refractivity contribution in [3.8, 4) is 0 Å². The highest BCUT2D eigenvalue weighted by atomic mass is 15.8. The number of hydrogen-bond donors (Lipinski definition) is 0. The van der Waals surface area contributed by atoms with Crippen LogP contribution >= 0.6 is 0 Å². The average molecular weight is 827 g/mol. The maximum atomic E-state index is 1.88. The lowest BCUT2D eigenvalue weighted by molar-refractivity contribution is -1.30. The van der Waals surface area contributed by atoms with Gasteiger partial charge in [0.2, 0.25) is 0 Å². The third kappa shape index (κ3) is 0.406. The quantitative estimate of drug-likeness (QED) is 0.331. The predicted octanol–water partition coefficient (Wildman–Crippen LogP) is 4.76. The molecule has 0 N–H and O–H groups in total. The van der Waals surface area contributed by atoms with Crippen molar-refractivity contribution >= 4 is 0 Å². The summed E-state index contributed by atoms with van der Waals surface area (Å²) < 4.78 is 0. The Labute approximate surface area is 372 Å². The Morgan fingerprint density at radius 2 is 0.273 bits per heavy atom. The Hall–Kier alpha value is 0. The van der Waals surface area contributed by atoms with Crippen LogP contribution in [0.3, 0.4) is 0 Å². The molecular weight excluding hydrogens is 793 g/mol. The summed E-state index contributed by atoms with van der Waals surface area (Å²) in [7, 11) is 0. The van der Waals surface area contributed by atoms with Crippen molar-refractivity contribution in [3.05, 3.63) is 0 Å². The molecule has 57 unspecified atom stereocenters.